The number of carbonyl (C=O) groups excluding carboxylic acids is 1. The van der Waals surface area contributed by atoms with Crippen molar-refractivity contribution in [3.05, 3.63) is 23.8 Å². The Morgan fingerprint density at radius 1 is 1.22 bits per heavy atom. The van der Waals surface area contributed by atoms with E-state index in [1.165, 1.54) is 0 Å². The Morgan fingerprint density at radius 2 is 1.87 bits per heavy atom. The molecule has 0 radical (unpaired) electrons. The third-order valence-corrected chi connectivity index (χ3v) is 4.31. The third kappa shape index (κ3) is 3.94. The van der Waals surface area contributed by atoms with Gasteiger partial charge in [-0.3, -0.25) is 9.59 Å². The predicted octanol–water partition coefficient (Wildman–Crippen LogP) is 1.86. The highest BCUT2D eigenvalue weighted by Crippen LogP contribution is 2.34. The summed E-state index contributed by atoms with van der Waals surface area (Å²) < 4.78 is 10.5. The van der Waals surface area contributed by atoms with Crippen LogP contribution in [0, 0.1) is 11.8 Å². The van der Waals surface area contributed by atoms with E-state index in [9.17, 15) is 9.59 Å². The van der Waals surface area contributed by atoms with E-state index in [4.69, 9.17) is 14.6 Å². The molecule has 23 heavy (non-hydrogen) atoms. The Hall–Kier alpha value is -2.24. The number of methoxy groups -OCH3 is 2. The van der Waals surface area contributed by atoms with Crippen LogP contribution in [0.3, 0.4) is 0 Å². The van der Waals surface area contributed by atoms with Gasteiger partial charge in [0.1, 0.15) is 0 Å². The Labute approximate surface area is 135 Å². The molecule has 3 unspecified atom stereocenters. The van der Waals surface area contributed by atoms with Crippen molar-refractivity contribution in [1.29, 1.82) is 0 Å². The molecule has 1 aromatic rings. The minimum atomic E-state index is -0.885. The SMILES string of the molecule is COc1ccc(CC(C)NC(=O)C2CCC2C(=O)O)cc1OC. The number of carboxylic acid groups (broad SMARTS) is 1. The lowest BCUT2D eigenvalue weighted by Gasteiger charge is -2.33. The highest BCUT2D eigenvalue weighted by molar-refractivity contribution is 5.86. The van der Waals surface area contributed by atoms with Gasteiger partial charge >= 0.3 is 5.97 Å². The number of ether oxygens (including phenoxy) is 2. The molecule has 1 aliphatic rings. The summed E-state index contributed by atoms with van der Waals surface area (Å²) in [6.07, 6.45) is 1.86. The van der Waals surface area contributed by atoms with Gasteiger partial charge in [-0.1, -0.05) is 6.07 Å². The molecule has 2 N–H and O–H groups in total. The minimum absolute atomic E-state index is 0.0874. The van der Waals surface area contributed by atoms with Crippen LogP contribution in [0.15, 0.2) is 18.2 Å². The first-order valence-corrected chi connectivity index (χ1v) is 7.70. The quantitative estimate of drug-likeness (QED) is 0.801. The molecule has 2 rings (SSSR count). The van der Waals surface area contributed by atoms with E-state index in [0.29, 0.717) is 30.8 Å². The second-order valence-electron chi connectivity index (χ2n) is 5.93. The molecule has 1 aliphatic carbocycles. The van der Waals surface area contributed by atoms with Gasteiger partial charge in [-0.25, -0.2) is 0 Å². The van der Waals surface area contributed by atoms with Crippen LogP contribution in [0.2, 0.25) is 0 Å². The molecule has 6 nitrogen and oxygen atoms in total. The maximum atomic E-state index is 12.1. The van der Waals surface area contributed by atoms with Crippen molar-refractivity contribution < 1.29 is 24.2 Å². The molecule has 126 valence electrons. The van der Waals surface area contributed by atoms with Gasteiger partial charge in [0, 0.05) is 6.04 Å². The summed E-state index contributed by atoms with van der Waals surface area (Å²) in [6, 6.07) is 5.54. The Bertz CT molecular complexity index is 586. The fraction of sp³-hybridized carbons (Fsp3) is 0.529. The molecule has 1 saturated carbocycles. The van der Waals surface area contributed by atoms with Crippen molar-refractivity contribution in [3.8, 4) is 11.5 Å². The lowest BCUT2D eigenvalue weighted by Crippen LogP contribution is -2.47. The average Bonchev–Trinajstić information content (AvgIpc) is 2.44. The van der Waals surface area contributed by atoms with Gasteiger partial charge in [0.05, 0.1) is 26.1 Å². The lowest BCUT2D eigenvalue weighted by molar-refractivity contribution is -0.152. The second kappa shape index (κ2) is 7.35. The normalized spacial score (nSPS) is 21.0. The molecular weight excluding hydrogens is 298 g/mol. The van der Waals surface area contributed by atoms with E-state index in [1.807, 2.05) is 25.1 Å². The van der Waals surface area contributed by atoms with Crippen molar-refractivity contribution in [2.75, 3.05) is 14.2 Å². The van der Waals surface area contributed by atoms with E-state index in [2.05, 4.69) is 5.32 Å². The van der Waals surface area contributed by atoms with Gasteiger partial charge in [-0.15, -0.1) is 0 Å². The molecule has 1 amide bonds. The summed E-state index contributed by atoms with van der Waals surface area (Å²) in [6.45, 7) is 1.91. The number of carbonyl (C=O) groups is 2. The van der Waals surface area contributed by atoms with Crippen LogP contribution in [0.25, 0.3) is 0 Å². The molecule has 3 atom stereocenters. The fourth-order valence-electron chi connectivity index (χ4n) is 2.87. The highest BCUT2D eigenvalue weighted by atomic mass is 16.5. The molecular formula is C17H23NO5. The maximum Gasteiger partial charge on any atom is 0.307 e. The zero-order chi connectivity index (χ0) is 17.0. The van der Waals surface area contributed by atoms with Crippen LogP contribution in [-0.2, 0) is 16.0 Å². The minimum Gasteiger partial charge on any atom is -0.493 e. The van der Waals surface area contributed by atoms with Crippen LogP contribution in [0.5, 0.6) is 11.5 Å². The number of carboxylic acids is 1. The lowest BCUT2D eigenvalue weighted by atomic mass is 9.73. The summed E-state index contributed by atoms with van der Waals surface area (Å²) in [4.78, 5) is 23.1. The Morgan fingerprint density at radius 3 is 2.39 bits per heavy atom. The molecule has 6 heteroatoms. The first kappa shape index (κ1) is 17.1. The van der Waals surface area contributed by atoms with Crippen molar-refractivity contribution in [2.24, 2.45) is 11.8 Å². The fourth-order valence-corrected chi connectivity index (χ4v) is 2.87. The average molecular weight is 321 g/mol. The topological polar surface area (TPSA) is 84.9 Å². The molecule has 1 fully saturated rings. The molecule has 0 saturated heterocycles. The maximum absolute atomic E-state index is 12.1. The number of benzene rings is 1. The zero-order valence-electron chi connectivity index (χ0n) is 13.7. The summed E-state index contributed by atoms with van der Waals surface area (Å²) in [5, 5.41) is 11.9. The summed E-state index contributed by atoms with van der Waals surface area (Å²) in [5.74, 6) is -0.690. The Balaban J connectivity index is 1.93. The number of aliphatic carboxylic acids is 1. The number of hydrogen-bond donors (Lipinski definition) is 2. The standard InChI is InChI=1S/C17H23NO5/c1-10(18-16(19)12-5-6-13(12)17(20)21)8-11-4-7-14(22-2)15(9-11)23-3/h4,7,9-10,12-13H,5-6,8H2,1-3H3,(H,18,19)(H,20,21). The van der Waals surface area contributed by atoms with Crippen LogP contribution < -0.4 is 14.8 Å². The van der Waals surface area contributed by atoms with E-state index >= 15 is 0 Å². The smallest absolute Gasteiger partial charge is 0.307 e. The van der Waals surface area contributed by atoms with E-state index in [0.717, 1.165) is 5.56 Å². The summed E-state index contributed by atoms with van der Waals surface area (Å²) in [7, 11) is 3.16. The summed E-state index contributed by atoms with van der Waals surface area (Å²) in [5.41, 5.74) is 1.01. The number of amides is 1. The largest absolute Gasteiger partial charge is 0.493 e. The van der Waals surface area contributed by atoms with Gasteiger partial charge in [0.2, 0.25) is 5.91 Å². The van der Waals surface area contributed by atoms with Gasteiger partial charge < -0.3 is 19.9 Å². The van der Waals surface area contributed by atoms with E-state index in [-0.39, 0.29) is 11.9 Å². The van der Waals surface area contributed by atoms with Crippen LogP contribution in [-0.4, -0.2) is 37.2 Å². The van der Waals surface area contributed by atoms with Crippen molar-refractivity contribution in [2.45, 2.75) is 32.2 Å². The molecule has 0 bridgehead atoms. The highest BCUT2D eigenvalue weighted by Gasteiger charge is 2.41. The predicted molar refractivity (Wildman–Crippen MR) is 84.7 cm³/mol. The van der Waals surface area contributed by atoms with Crippen molar-refractivity contribution in [1.82, 2.24) is 5.32 Å². The summed E-state index contributed by atoms with van der Waals surface area (Å²) >= 11 is 0. The molecule has 1 aromatic carbocycles. The number of nitrogens with one attached hydrogen (secondary N) is 1. The number of rotatable bonds is 7. The van der Waals surface area contributed by atoms with E-state index in [1.54, 1.807) is 14.2 Å². The van der Waals surface area contributed by atoms with Crippen molar-refractivity contribution in [3.63, 3.8) is 0 Å². The second-order valence-corrected chi connectivity index (χ2v) is 5.93. The molecule has 0 heterocycles. The molecule has 0 aromatic heterocycles. The monoisotopic (exact) mass is 321 g/mol. The third-order valence-electron chi connectivity index (χ3n) is 4.31. The first-order chi connectivity index (χ1) is 11.0. The number of hydrogen-bond acceptors (Lipinski definition) is 4. The van der Waals surface area contributed by atoms with Crippen LogP contribution in [0.1, 0.15) is 25.3 Å². The first-order valence-electron chi connectivity index (χ1n) is 7.70. The molecule has 0 spiro atoms. The van der Waals surface area contributed by atoms with Gasteiger partial charge in [-0.05, 0) is 43.9 Å². The van der Waals surface area contributed by atoms with Gasteiger partial charge in [0.15, 0.2) is 11.5 Å². The van der Waals surface area contributed by atoms with E-state index < -0.39 is 17.8 Å². The van der Waals surface area contributed by atoms with Crippen LogP contribution >= 0.6 is 0 Å². The van der Waals surface area contributed by atoms with Crippen LogP contribution in [0.4, 0.5) is 0 Å². The molecule has 0 aliphatic heterocycles. The Kier molecular flexibility index (Phi) is 5.47. The van der Waals surface area contributed by atoms with Crippen molar-refractivity contribution >= 4 is 11.9 Å². The zero-order valence-corrected chi connectivity index (χ0v) is 13.7. The van der Waals surface area contributed by atoms with Gasteiger partial charge in [-0.2, -0.15) is 0 Å². The van der Waals surface area contributed by atoms with Gasteiger partial charge in [0.25, 0.3) is 0 Å².